The van der Waals surface area contributed by atoms with Gasteiger partial charge in [0.05, 0.1) is 17.5 Å². The van der Waals surface area contributed by atoms with Crippen molar-refractivity contribution in [2.45, 2.75) is 112 Å². The molecular weight excluding hydrogens is 645 g/mol. The summed E-state index contributed by atoms with van der Waals surface area (Å²) in [5, 5.41) is 0. The fourth-order valence-corrected chi connectivity index (χ4v) is 6.76. The van der Waals surface area contributed by atoms with E-state index >= 15 is 0 Å². The molecule has 0 atom stereocenters. The van der Waals surface area contributed by atoms with Crippen molar-refractivity contribution in [3.05, 3.63) is 84.9 Å². The quantitative estimate of drug-likeness (QED) is 0.0526. The van der Waals surface area contributed by atoms with Crippen LogP contribution in [0, 0.1) is 0 Å². The molecule has 3 aromatic carbocycles. The number of halogens is 6. The summed E-state index contributed by atoms with van der Waals surface area (Å²) in [4.78, 5) is 4.02. The molecule has 0 radical (unpaired) electrons. The zero-order valence-corrected chi connectivity index (χ0v) is 27.9. The summed E-state index contributed by atoms with van der Waals surface area (Å²) in [5.41, 5.74) is 0. The minimum atomic E-state index is -11.1. The Morgan fingerprint density at radius 1 is 0.465 bits per heavy atom. The first-order valence-corrected chi connectivity index (χ1v) is 20.9. The molecule has 0 saturated carbocycles. The number of rotatable bonds is 19. The molecule has 9 heteroatoms. The second kappa shape index (κ2) is 18.0. The van der Waals surface area contributed by atoms with E-state index in [0.717, 1.165) is 18.8 Å². The second-order valence-electron chi connectivity index (χ2n) is 10.8. The Balaban J connectivity index is 0.000000821. The van der Waals surface area contributed by atoms with E-state index in [4.69, 9.17) is 4.74 Å². The maximum absolute atomic E-state index is 11.1. The fraction of sp³-hybridized carbons (Fsp3) is 0.471. The van der Waals surface area contributed by atoms with Crippen LogP contribution in [0.1, 0.15) is 96.8 Å². The van der Waals surface area contributed by atoms with E-state index in [-0.39, 0.29) is 10.9 Å². The van der Waals surface area contributed by atoms with Gasteiger partial charge in [-0.05, 0) is 55.0 Å². The molecule has 0 aliphatic rings. The molecule has 0 N–H and O–H groups in total. The topological polar surface area (TPSA) is 9.23 Å². The maximum atomic E-state index is 9.91. The monoisotopic (exact) mass is 692 g/mol. The molecule has 0 bridgehead atoms. The van der Waals surface area contributed by atoms with Gasteiger partial charge in [0.25, 0.3) is 0 Å². The van der Waals surface area contributed by atoms with Crippen molar-refractivity contribution in [1.82, 2.24) is 0 Å². The molecule has 0 heterocycles. The third-order valence-corrected chi connectivity index (χ3v) is 9.01. The van der Waals surface area contributed by atoms with Gasteiger partial charge < -0.3 is 4.74 Å². The van der Waals surface area contributed by atoms with E-state index in [0.29, 0.717) is 0 Å². The summed E-state index contributed by atoms with van der Waals surface area (Å²) in [6, 6.07) is 30.4. The van der Waals surface area contributed by atoms with E-state index in [1.165, 1.54) is 98.2 Å². The van der Waals surface area contributed by atoms with Crippen LogP contribution in [0.5, 0.6) is 5.75 Å². The van der Waals surface area contributed by atoms with Crippen molar-refractivity contribution in [3.63, 3.8) is 0 Å². The van der Waals surface area contributed by atoms with Crippen LogP contribution in [0.25, 0.3) is 0 Å². The van der Waals surface area contributed by atoms with Crippen molar-refractivity contribution >= 4 is 25.1 Å². The van der Waals surface area contributed by atoms with E-state index in [1.54, 1.807) is 0 Å². The van der Waals surface area contributed by atoms with Gasteiger partial charge in [0.2, 0.25) is 0 Å². The van der Waals surface area contributed by atoms with Gasteiger partial charge in [-0.25, -0.2) is 0 Å². The molecule has 1 nitrogen and oxygen atoms in total. The second-order valence-corrected chi connectivity index (χ2v) is 16.9. The molecule has 3 rings (SSSR count). The summed E-state index contributed by atoms with van der Waals surface area (Å²) in [5.74, 6) is 0.984. The SMILES string of the molecule is CCCCCCCCCCCCCCCCOc1ccc([S+](c2ccccc2)c2ccccc2)cc1.F[As-](F)(F)(F)(F)F. The Bertz CT molecular complexity index is 1080. The van der Waals surface area contributed by atoms with Gasteiger partial charge in [-0.2, -0.15) is 0 Å². The van der Waals surface area contributed by atoms with E-state index in [1.807, 2.05) is 0 Å². The molecule has 0 spiro atoms. The molecule has 0 aliphatic carbocycles. The van der Waals surface area contributed by atoms with Crippen LogP contribution < -0.4 is 4.74 Å². The zero-order valence-electron chi connectivity index (χ0n) is 25.2. The van der Waals surface area contributed by atoms with Crippen molar-refractivity contribution in [2.24, 2.45) is 0 Å². The first kappa shape index (κ1) is 37.1. The molecule has 0 fully saturated rings. The molecule has 0 saturated heterocycles. The molecule has 0 unspecified atom stereocenters. The van der Waals surface area contributed by atoms with Crippen molar-refractivity contribution in [3.8, 4) is 5.75 Å². The third kappa shape index (κ3) is 20.5. The Labute approximate surface area is 258 Å². The molecule has 0 amide bonds. The summed E-state index contributed by atoms with van der Waals surface area (Å²) < 4.78 is 65.5. The predicted molar refractivity (Wildman–Crippen MR) is 170 cm³/mol. The molecule has 0 aromatic heterocycles. The zero-order chi connectivity index (χ0) is 31.5. The summed E-state index contributed by atoms with van der Waals surface area (Å²) in [6.07, 6.45) is 19.4. The molecule has 242 valence electrons. The Kier molecular flexibility index (Phi) is 15.6. The summed E-state index contributed by atoms with van der Waals surface area (Å²) in [6.45, 7) is 3.11. The van der Waals surface area contributed by atoms with Gasteiger partial charge >= 0.3 is 35.0 Å². The van der Waals surface area contributed by atoms with Crippen molar-refractivity contribution in [1.29, 1.82) is 0 Å². The Morgan fingerprint density at radius 3 is 1.16 bits per heavy atom. The van der Waals surface area contributed by atoms with Crippen LogP contribution in [0.15, 0.2) is 99.6 Å². The van der Waals surface area contributed by atoms with Crippen LogP contribution in [-0.2, 0) is 10.9 Å². The van der Waals surface area contributed by atoms with Gasteiger partial charge in [0.1, 0.15) is 5.75 Å². The number of benzene rings is 3. The first-order chi connectivity index (χ1) is 20.3. The number of unbranched alkanes of at least 4 members (excludes halogenated alkanes) is 13. The fourth-order valence-electron chi connectivity index (χ4n) is 4.68. The first-order valence-electron chi connectivity index (χ1n) is 15.5. The predicted octanol–water partition coefficient (Wildman–Crippen LogP) is 12.8. The Morgan fingerprint density at radius 2 is 0.791 bits per heavy atom. The minimum absolute atomic E-state index is 0.0959. The van der Waals surface area contributed by atoms with Crippen molar-refractivity contribution < 1.29 is 25.5 Å². The van der Waals surface area contributed by atoms with Gasteiger partial charge in [-0.3, -0.25) is 0 Å². The van der Waals surface area contributed by atoms with E-state index in [2.05, 4.69) is 91.9 Å². The standard InChI is InChI=1S/C34H47OS.AsF6/c1-2-3-4-5-6-7-8-9-10-11-12-13-14-21-30-35-31-26-28-34(29-27-31)36(32-22-17-15-18-23-32)33-24-19-16-20-25-33;2-1(3,4,5,6)7/h15-20,22-29H,2-14,21,30H2,1H3;/q+1;-1. The van der Waals surface area contributed by atoms with Crippen LogP contribution in [0.2, 0.25) is 0 Å². The molecular formula is C34H47AsF6OS. The van der Waals surface area contributed by atoms with Crippen LogP contribution >= 0.6 is 0 Å². The molecule has 3 aromatic rings. The molecule has 43 heavy (non-hydrogen) atoms. The number of hydrogen-bond donors (Lipinski definition) is 0. The van der Waals surface area contributed by atoms with E-state index in [9.17, 15) is 20.8 Å². The van der Waals surface area contributed by atoms with E-state index < -0.39 is 14.2 Å². The third-order valence-electron chi connectivity index (χ3n) is 6.78. The van der Waals surface area contributed by atoms with Gasteiger partial charge in [-0.15, -0.1) is 0 Å². The Hall–Kier alpha value is -2.05. The normalized spacial score (nSPS) is 13.1. The number of hydrogen-bond acceptors (Lipinski definition) is 1. The average Bonchev–Trinajstić information content (AvgIpc) is 2.95. The number of ether oxygens (including phenoxy) is 1. The van der Waals surface area contributed by atoms with Crippen LogP contribution in [0.3, 0.4) is 0 Å². The van der Waals surface area contributed by atoms with Gasteiger partial charge in [-0.1, -0.05) is 127 Å². The summed E-state index contributed by atoms with van der Waals surface area (Å²) in [7, 11) is -0.0959. The molecule has 0 aliphatic heterocycles. The van der Waals surface area contributed by atoms with Crippen LogP contribution in [-0.4, -0.2) is 20.8 Å². The summed E-state index contributed by atoms with van der Waals surface area (Å²) >= 11 is -11.1. The van der Waals surface area contributed by atoms with Gasteiger partial charge in [0.15, 0.2) is 14.7 Å². The van der Waals surface area contributed by atoms with Crippen LogP contribution in [0.4, 0.5) is 20.8 Å². The average molecular weight is 693 g/mol. The van der Waals surface area contributed by atoms with Crippen molar-refractivity contribution in [2.75, 3.05) is 6.61 Å². The van der Waals surface area contributed by atoms with Gasteiger partial charge in [0, 0.05) is 0 Å².